The molecular weight excluding hydrogens is 418 g/mol. The molecule has 0 spiro atoms. The SMILES string of the molecule is CC(C)(C)c1cc(NC(=O)Oc2ccc(Cl)cc2)n(-c2ccc(CCC(=O)O)cc2)n1. The van der Waals surface area contributed by atoms with E-state index in [1.807, 2.05) is 51.1 Å². The number of amides is 1. The molecule has 0 atom stereocenters. The third kappa shape index (κ3) is 6.08. The van der Waals surface area contributed by atoms with Gasteiger partial charge in [0.05, 0.1) is 11.4 Å². The minimum absolute atomic E-state index is 0.0681. The zero-order valence-corrected chi connectivity index (χ0v) is 18.3. The predicted molar refractivity (Wildman–Crippen MR) is 119 cm³/mol. The van der Waals surface area contributed by atoms with Crippen molar-refractivity contribution >= 4 is 29.5 Å². The van der Waals surface area contributed by atoms with Crippen molar-refractivity contribution in [1.29, 1.82) is 0 Å². The van der Waals surface area contributed by atoms with Crippen molar-refractivity contribution in [1.82, 2.24) is 9.78 Å². The second-order valence-electron chi connectivity index (χ2n) is 8.11. The number of nitrogens with one attached hydrogen (secondary N) is 1. The molecule has 31 heavy (non-hydrogen) atoms. The van der Waals surface area contributed by atoms with Gasteiger partial charge in [0.2, 0.25) is 0 Å². The Labute approximate surface area is 185 Å². The molecule has 1 heterocycles. The van der Waals surface area contributed by atoms with Crippen LogP contribution in [0, 0.1) is 0 Å². The van der Waals surface area contributed by atoms with Gasteiger partial charge in [-0.05, 0) is 48.4 Å². The van der Waals surface area contributed by atoms with Crippen LogP contribution in [0.4, 0.5) is 10.6 Å². The molecule has 1 aromatic heterocycles. The molecule has 0 saturated heterocycles. The fourth-order valence-corrected chi connectivity index (χ4v) is 2.95. The number of benzene rings is 2. The number of hydrogen-bond donors (Lipinski definition) is 2. The summed E-state index contributed by atoms with van der Waals surface area (Å²) in [4.78, 5) is 23.2. The number of aliphatic carboxylic acids is 1. The van der Waals surface area contributed by atoms with E-state index in [1.54, 1.807) is 28.9 Å². The maximum atomic E-state index is 12.4. The van der Waals surface area contributed by atoms with Gasteiger partial charge in [-0.3, -0.25) is 10.1 Å². The van der Waals surface area contributed by atoms with E-state index in [1.165, 1.54) is 0 Å². The Morgan fingerprint density at radius 1 is 1.10 bits per heavy atom. The average molecular weight is 442 g/mol. The largest absolute Gasteiger partial charge is 0.481 e. The minimum atomic E-state index is -0.836. The van der Waals surface area contributed by atoms with Gasteiger partial charge in [0.25, 0.3) is 0 Å². The van der Waals surface area contributed by atoms with Crippen molar-refractivity contribution in [2.24, 2.45) is 0 Å². The zero-order chi connectivity index (χ0) is 22.6. The van der Waals surface area contributed by atoms with Gasteiger partial charge in [0, 0.05) is 22.9 Å². The highest BCUT2D eigenvalue weighted by molar-refractivity contribution is 6.30. The molecule has 2 aromatic carbocycles. The molecule has 0 aliphatic carbocycles. The lowest BCUT2D eigenvalue weighted by Crippen LogP contribution is -2.19. The highest BCUT2D eigenvalue weighted by atomic mass is 35.5. The molecular formula is C23H24ClN3O4. The van der Waals surface area contributed by atoms with Crippen LogP contribution in [0.1, 0.15) is 38.4 Å². The molecule has 0 bridgehead atoms. The number of aryl methyl sites for hydroxylation is 1. The van der Waals surface area contributed by atoms with E-state index < -0.39 is 12.1 Å². The van der Waals surface area contributed by atoms with E-state index >= 15 is 0 Å². The van der Waals surface area contributed by atoms with Gasteiger partial charge >= 0.3 is 12.1 Å². The normalized spacial score (nSPS) is 11.2. The number of halogens is 1. The first-order valence-electron chi connectivity index (χ1n) is 9.78. The van der Waals surface area contributed by atoms with Crippen LogP contribution in [0.25, 0.3) is 5.69 Å². The molecule has 3 aromatic rings. The van der Waals surface area contributed by atoms with Gasteiger partial charge in [-0.1, -0.05) is 44.5 Å². The van der Waals surface area contributed by atoms with Crippen LogP contribution in [0.3, 0.4) is 0 Å². The van der Waals surface area contributed by atoms with Crippen molar-refractivity contribution in [3.63, 3.8) is 0 Å². The molecule has 162 valence electrons. The quantitative estimate of drug-likeness (QED) is 0.530. The number of ether oxygens (including phenoxy) is 1. The van der Waals surface area contributed by atoms with Crippen LogP contribution in [-0.4, -0.2) is 26.9 Å². The second-order valence-corrected chi connectivity index (χ2v) is 8.54. The van der Waals surface area contributed by atoms with Crippen LogP contribution in [0.5, 0.6) is 5.75 Å². The fraction of sp³-hybridized carbons (Fsp3) is 0.261. The highest BCUT2D eigenvalue weighted by Gasteiger charge is 2.22. The molecule has 0 unspecified atom stereocenters. The Hall–Kier alpha value is -3.32. The predicted octanol–water partition coefficient (Wildman–Crippen LogP) is 5.45. The monoisotopic (exact) mass is 441 g/mol. The number of carbonyl (C=O) groups is 2. The Bertz CT molecular complexity index is 1070. The molecule has 0 aliphatic rings. The lowest BCUT2D eigenvalue weighted by Gasteiger charge is -2.14. The summed E-state index contributed by atoms with van der Waals surface area (Å²) in [6, 6.07) is 15.7. The fourth-order valence-electron chi connectivity index (χ4n) is 2.83. The van der Waals surface area contributed by atoms with Gasteiger partial charge < -0.3 is 9.84 Å². The van der Waals surface area contributed by atoms with Crippen LogP contribution in [-0.2, 0) is 16.6 Å². The Kier molecular flexibility index (Phi) is 6.65. The third-order valence-electron chi connectivity index (χ3n) is 4.54. The van der Waals surface area contributed by atoms with Crippen molar-refractivity contribution < 1.29 is 19.4 Å². The highest BCUT2D eigenvalue weighted by Crippen LogP contribution is 2.27. The van der Waals surface area contributed by atoms with Crippen molar-refractivity contribution in [3.8, 4) is 11.4 Å². The molecule has 8 heteroatoms. The standard InChI is InChI=1S/C23H24ClN3O4/c1-23(2,3)19-14-20(25-22(30)31-18-11-7-16(24)8-12-18)27(26-19)17-9-4-15(5-10-17)6-13-21(28)29/h4-5,7-12,14H,6,13H2,1-3H3,(H,25,30)(H,28,29). The lowest BCUT2D eigenvalue weighted by atomic mass is 9.92. The summed E-state index contributed by atoms with van der Waals surface area (Å²) in [6.07, 6.45) is -0.138. The van der Waals surface area contributed by atoms with Crippen LogP contribution in [0.15, 0.2) is 54.6 Å². The van der Waals surface area contributed by atoms with Gasteiger partial charge in [-0.2, -0.15) is 5.10 Å². The number of hydrogen-bond acceptors (Lipinski definition) is 4. The van der Waals surface area contributed by atoms with Crippen LogP contribution >= 0.6 is 11.6 Å². The maximum absolute atomic E-state index is 12.4. The van der Waals surface area contributed by atoms with E-state index in [0.717, 1.165) is 16.9 Å². The summed E-state index contributed by atoms with van der Waals surface area (Å²) in [7, 11) is 0. The summed E-state index contributed by atoms with van der Waals surface area (Å²) in [6.45, 7) is 6.10. The van der Waals surface area contributed by atoms with Crippen molar-refractivity contribution in [3.05, 3.63) is 70.9 Å². The summed E-state index contributed by atoms with van der Waals surface area (Å²) in [5.41, 5.74) is 2.20. The smallest absolute Gasteiger partial charge is 0.418 e. The van der Waals surface area contributed by atoms with Crippen LogP contribution in [0.2, 0.25) is 5.02 Å². The molecule has 7 nitrogen and oxygen atoms in total. The summed E-state index contributed by atoms with van der Waals surface area (Å²) < 4.78 is 6.96. The third-order valence-corrected chi connectivity index (χ3v) is 4.79. The Morgan fingerprint density at radius 2 is 1.74 bits per heavy atom. The number of carbonyl (C=O) groups excluding carboxylic acids is 1. The van der Waals surface area contributed by atoms with E-state index in [9.17, 15) is 9.59 Å². The number of carboxylic acid groups (broad SMARTS) is 1. The summed E-state index contributed by atoms with van der Waals surface area (Å²) >= 11 is 5.86. The van der Waals surface area contributed by atoms with Gasteiger partial charge in [0.1, 0.15) is 11.6 Å². The van der Waals surface area contributed by atoms with Crippen molar-refractivity contribution in [2.75, 3.05) is 5.32 Å². The van der Waals surface area contributed by atoms with Crippen molar-refractivity contribution in [2.45, 2.75) is 39.0 Å². The Balaban J connectivity index is 1.84. The molecule has 2 N–H and O–H groups in total. The van der Waals surface area contributed by atoms with E-state index in [4.69, 9.17) is 21.4 Å². The van der Waals surface area contributed by atoms with Crippen LogP contribution < -0.4 is 10.1 Å². The summed E-state index contributed by atoms with van der Waals surface area (Å²) in [5, 5.41) is 16.8. The summed E-state index contributed by atoms with van der Waals surface area (Å²) in [5.74, 6) is -0.00868. The number of nitrogens with zero attached hydrogens (tertiary/aromatic N) is 2. The minimum Gasteiger partial charge on any atom is -0.481 e. The number of anilines is 1. The second kappa shape index (κ2) is 9.22. The number of rotatable bonds is 6. The maximum Gasteiger partial charge on any atom is 0.418 e. The Morgan fingerprint density at radius 3 is 2.32 bits per heavy atom. The molecule has 0 fully saturated rings. The van der Waals surface area contributed by atoms with E-state index in [0.29, 0.717) is 23.0 Å². The van der Waals surface area contributed by atoms with E-state index in [2.05, 4.69) is 10.4 Å². The first kappa shape index (κ1) is 22.4. The van der Waals surface area contributed by atoms with Gasteiger partial charge in [0.15, 0.2) is 0 Å². The number of aromatic nitrogens is 2. The average Bonchev–Trinajstić information content (AvgIpc) is 3.12. The molecule has 0 saturated carbocycles. The van der Waals surface area contributed by atoms with Gasteiger partial charge in [-0.25, -0.2) is 9.48 Å². The lowest BCUT2D eigenvalue weighted by molar-refractivity contribution is -0.136. The topological polar surface area (TPSA) is 93.5 Å². The molecule has 0 aliphatic heterocycles. The molecule has 1 amide bonds. The van der Waals surface area contributed by atoms with E-state index in [-0.39, 0.29) is 11.8 Å². The first-order chi connectivity index (χ1) is 14.6. The number of carboxylic acids is 1. The molecule has 3 rings (SSSR count). The molecule has 0 radical (unpaired) electrons. The van der Waals surface area contributed by atoms with Gasteiger partial charge in [-0.15, -0.1) is 0 Å². The zero-order valence-electron chi connectivity index (χ0n) is 17.6. The first-order valence-corrected chi connectivity index (χ1v) is 10.2.